The van der Waals surface area contributed by atoms with Crippen molar-refractivity contribution in [2.75, 3.05) is 11.4 Å². The summed E-state index contributed by atoms with van der Waals surface area (Å²) >= 11 is 0. The Kier molecular flexibility index (Phi) is 3.79. The molecule has 1 aliphatic rings. The van der Waals surface area contributed by atoms with Gasteiger partial charge >= 0.3 is 5.97 Å². The zero-order valence-corrected chi connectivity index (χ0v) is 10.8. The summed E-state index contributed by atoms with van der Waals surface area (Å²) in [4.78, 5) is 21.4. The van der Waals surface area contributed by atoms with E-state index in [1.165, 1.54) is 12.3 Å². The van der Waals surface area contributed by atoms with Crippen LogP contribution in [0, 0.1) is 5.92 Å². The normalized spacial score (nSPS) is 14.8. The molecule has 0 atom stereocenters. The van der Waals surface area contributed by atoms with Crippen LogP contribution < -0.4 is 4.90 Å². The van der Waals surface area contributed by atoms with Gasteiger partial charge in [0.2, 0.25) is 5.95 Å². The quantitative estimate of drug-likeness (QED) is 0.837. The standard InChI is InChI=1S/C13H19N3O2/c1-9(2)6-8-16(10-3-4-10)13-14-7-5-11(15-13)12(17)18/h5,7,9-10H,3-4,6,8H2,1-2H3,(H,17,18). The highest BCUT2D eigenvalue weighted by Gasteiger charge is 2.30. The van der Waals surface area contributed by atoms with Gasteiger partial charge in [-0.3, -0.25) is 0 Å². The zero-order chi connectivity index (χ0) is 13.1. The van der Waals surface area contributed by atoms with Crippen LogP contribution in [0.25, 0.3) is 0 Å². The van der Waals surface area contributed by atoms with E-state index < -0.39 is 5.97 Å². The maximum absolute atomic E-state index is 10.9. The first-order valence-corrected chi connectivity index (χ1v) is 6.41. The van der Waals surface area contributed by atoms with E-state index in [1.54, 1.807) is 0 Å². The molecule has 0 bridgehead atoms. The summed E-state index contributed by atoms with van der Waals surface area (Å²) in [5.74, 6) is 0.171. The molecule has 98 valence electrons. The second-order valence-corrected chi connectivity index (χ2v) is 5.15. The summed E-state index contributed by atoms with van der Waals surface area (Å²) < 4.78 is 0. The highest BCUT2D eigenvalue weighted by atomic mass is 16.4. The molecule has 5 nitrogen and oxygen atoms in total. The van der Waals surface area contributed by atoms with Crippen LogP contribution in [0.5, 0.6) is 0 Å². The third kappa shape index (κ3) is 3.18. The number of hydrogen-bond donors (Lipinski definition) is 1. The van der Waals surface area contributed by atoms with E-state index in [-0.39, 0.29) is 5.69 Å². The van der Waals surface area contributed by atoms with Crippen LogP contribution in [0.2, 0.25) is 0 Å². The summed E-state index contributed by atoms with van der Waals surface area (Å²) in [5.41, 5.74) is 0.0650. The topological polar surface area (TPSA) is 66.3 Å². The van der Waals surface area contributed by atoms with Crippen LogP contribution in [-0.2, 0) is 0 Å². The Bertz CT molecular complexity index is 430. The Morgan fingerprint density at radius 2 is 2.28 bits per heavy atom. The fourth-order valence-electron chi connectivity index (χ4n) is 1.84. The third-order valence-corrected chi connectivity index (χ3v) is 3.05. The molecule has 1 aromatic heterocycles. The molecule has 0 radical (unpaired) electrons. The SMILES string of the molecule is CC(C)CCN(c1nccc(C(=O)O)n1)C1CC1. The monoisotopic (exact) mass is 249 g/mol. The minimum atomic E-state index is -1.00. The maximum Gasteiger partial charge on any atom is 0.354 e. The summed E-state index contributed by atoms with van der Waals surface area (Å²) in [7, 11) is 0. The molecule has 1 N–H and O–H groups in total. The van der Waals surface area contributed by atoms with Crippen molar-refractivity contribution in [2.24, 2.45) is 5.92 Å². The highest BCUT2D eigenvalue weighted by molar-refractivity contribution is 5.85. The minimum absolute atomic E-state index is 0.0650. The Labute approximate surface area is 107 Å². The zero-order valence-electron chi connectivity index (χ0n) is 10.8. The first-order valence-electron chi connectivity index (χ1n) is 6.41. The minimum Gasteiger partial charge on any atom is -0.477 e. The molecule has 1 saturated carbocycles. The molecule has 0 unspecified atom stereocenters. The summed E-state index contributed by atoms with van der Waals surface area (Å²) in [6.07, 6.45) is 4.89. The van der Waals surface area contributed by atoms with Crippen molar-refractivity contribution in [1.29, 1.82) is 0 Å². The molecular weight excluding hydrogens is 230 g/mol. The average molecular weight is 249 g/mol. The van der Waals surface area contributed by atoms with Crippen molar-refractivity contribution in [3.63, 3.8) is 0 Å². The lowest BCUT2D eigenvalue weighted by Gasteiger charge is -2.23. The Balaban J connectivity index is 2.14. The van der Waals surface area contributed by atoms with E-state index >= 15 is 0 Å². The lowest BCUT2D eigenvalue weighted by molar-refractivity contribution is 0.0690. The van der Waals surface area contributed by atoms with Crippen molar-refractivity contribution in [2.45, 2.75) is 39.2 Å². The summed E-state index contributed by atoms with van der Waals surface area (Å²) in [5, 5.41) is 8.95. The molecule has 18 heavy (non-hydrogen) atoms. The van der Waals surface area contributed by atoms with E-state index in [2.05, 4.69) is 28.7 Å². The summed E-state index contributed by atoms with van der Waals surface area (Å²) in [6.45, 7) is 5.25. The predicted octanol–water partition coefficient (Wildman–Crippen LogP) is 2.19. The number of aromatic carboxylic acids is 1. The van der Waals surface area contributed by atoms with Gasteiger partial charge in [-0.25, -0.2) is 14.8 Å². The van der Waals surface area contributed by atoms with Crippen LogP contribution in [0.4, 0.5) is 5.95 Å². The van der Waals surface area contributed by atoms with Gasteiger partial charge in [0, 0.05) is 18.8 Å². The highest BCUT2D eigenvalue weighted by Crippen LogP contribution is 2.30. The molecule has 1 aromatic rings. The molecule has 0 amide bonds. The fraction of sp³-hybridized carbons (Fsp3) is 0.615. The van der Waals surface area contributed by atoms with E-state index in [0.717, 1.165) is 25.8 Å². The molecule has 0 aliphatic heterocycles. The van der Waals surface area contributed by atoms with Crippen molar-refractivity contribution >= 4 is 11.9 Å². The van der Waals surface area contributed by atoms with Crippen LogP contribution >= 0.6 is 0 Å². The molecule has 0 saturated heterocycles. The van der Waals surface area contributed by atoms with Crippen molar-refractivity contribution < 1.29 is 9.90 Å². The predicted molar refractivity (Wildman–Crippen MR) is 68.8 cm³/mol. The number of nitrogens with zero attached hydrogens (tertiary/aromatic N) is 3. The Morgan fingerprint density at radius 1 is 1.56 bits per heavy atom. The molecule has 1 fully saturated rings. The smallest absolute Gasteiger partial charge is 0.354 e. The largest absolute Gasteiger partial charge is 0.477 e. The average Bonchev–Trinajstić information content (AvgIpc) is 3.14. The van der Waals surface area contributed by atoms with Gasteiger partial charge in [0.1, 0.15) is 0 Å². The number of carboxylic acids is 1. The van der Waals surface area contributed by atoms with Crippen LogP contribution in [0.15, 0.2) is 12.3 Å². The number of anilines is 1. The number of hydrogen-bond acceptors (Lipinski definition) is 4. The van der Waals surface area contributed by atoms with Crippen LogP contribution in [-0.4, -0.2) is 33.6 Å². The van der Waals surface area contributed by atoms with Gasteiger partial charge < -0.3 is 10.0 Å². The first-order chi connectivity index (χ1) is 8.58. The number of aromatic nitrogens is 2. The van der Waals surface area contributed by atoms with E-state index in [0.29, 0.717) is 17.9 Å². The molecule has 1 heterocycles. The van der Waals surface area contributed by atoms with Gasteiger partial charge in [-0.1, -0.05) is 13.8 Å². The maximum atomic E-state index is 10.9. The van der Waals surface area contributed by atoms with Crippen molar-refractivity contribution in [3.8, 4) is 0 Å². The lowest BCUT2D eigenvalue weighted by Crippen LogP contribution is -2.30. The van der Waals surface area contributed by atoms with Gasteiger partial charge in [-0.15, -0.1) is 0 Å². The van der Waals surface area contributed by atoms with Gasteiger partial charge in [0.25, 0.3) is 0 Å². The van der Waals surface area contributed by atoms with E-state index in [4.69, 9.17) is 5.11 Å². The molecule has 0 aromatic carbocycles. The van der Waals surface area contributed by atoms with Gasteiger partial charge in [0.05, 0.1) is 0 Å². The molecule has 1 aliphatic carbocycles. The second-order valence-electron chi connectivity index (χ2n) is 5.15. The van der Waals surface area contributed by atoms with Crippen LogP contribution in [0.3, 0.4) is 0 Å². The lowest BCUT2D eigenvalue weighted by atomic mass is 10.1. The number of rotatable bonds is 6. The van der Waals surface area contributed by atoms with Gasteiger partial charge in [-0.05, 0) is 31.2 Å². The number of carbonyl (C=O) groups is 1. The van der Waals surface area contributed by atoms with Crippen LogP contribution in [0.1, 0.15) is 43.6 Å². The fourth-order valence-corrected chi connectivity index (χ4v) is 1.84. The number of carboxylic acid groups (broad SMARTS) is 1. The van der Waals surface area contributed by atoms with E-state index in [9.17, 15) is 4.79 Å². The molecular formula is C13H19N3O2. The second kappa shape index (κ2) is 5.33. The first kappa shape index (κ1) is 12.8. The van der Waals surface area contributed by atoms with E-state index in [1.807, 2.05) is 0 Å². The Morgan fingerprint density at radius 3 is 2.83 bits per heavy atom. The van der Waals surface area contributed by atoms with Crippen molar-refractivity contribution in [1.82, 2.24) is 9.97 Å². The molecule has 5 heteroatoms. The third-order valence-electron chi connectivity index (χ3n) is 3.05. The molecule has 0 spiro atoms. The summed E-state index contributed by atoms with van der Waals surface area (Å²) in [6, 6.07) is 1.92. The van der Waals surface area contributed by atoms with Crippen molar-refractivity contribution in [3.05, 3.63) is 18.0 Å². The van der Waals surface area contributed by atoms with Gasteiger partial charge in [-0.2, -0.15) is 0 Å². The van der Waals surface area contributed by atoms with Gasteiger partial charge in [0.15, 0.2) is 5.69 Å². The Hall–Kier alpha value is -1.65. The molecule has 2 rings (SSSR count).